The van der Waals surface area contributed by atoms with E-state index in [4.69, 9.17) is 11.6 Å². The molecule has 0 fully saturated rings. The molecule has 142 valence electrons. The molecule has 3 rings (SSSR count). The zero-order valence-corrected chi connectivity index (χ0v) is 14.6. The van der Waals surface area contributed by atoms with Gasteiger partial charge in [0.25, 0.3) is 16.9 Å². The van der Waals surface area contributed by atoms with Gasteiger partial charge in [0.15, 0.2) is 0 Å². The maximum Gasteiger partial charge on any atom is 0.271 e. The topological polar surface area (TPSA) is 150 Å². The number of nitro benzene ring substituents is 2. The third-order valence-corrected chi connectivity index (χ3v) is 4.10. The summed E-state index contributed by atoms with van der Waals surface area (Å²) < 4.78 is 1.01. The van der Waals surface area contributed by atoms with Crippen LogP contribution in [0.25, 0.3) is 10.9 Å². The largest absolute Gasteiger partial charge is 0.323 e. The molecule has 1 amide bonds. The molecule has 11 nitrogen and oxygen atoms in total. The molecular weight excluding hydrogens is 394 g/mol. The number of amides is 1. The van der Waals surface area contributed by atoms with Gasteiger partial charge in [0.2, 0.25) is 5.91 Å². The molecular formula is C16H10ClN5O6. The Kier molecular flexibility index (Phi) is 5.00. The van der Waals surface area contributed by atoms with Gasteiger partial charge in [-0.3, -0.25) is 34.4 Å². The van der Waals surface area contributed by atoms with Gasteiger partial charge in [-0.2, -0.15) is 0 Å². The molecule has 1 heterocycles. The van der Waals surface area contributed by atoms with Gasteiger partial charge in [-0.05, 0) is 12.1 Å². The van der Waals surface area contributed by atoms with E-state index in [-0.39, 0.29) is 33.0 Å². The number of anilines is 1. The molecule has 0 spiro atoms. The zero-order valence-electron chi connectivity index (χ0n) is 13.9. The average Bonchev–Trinajstić information content (AvgIpc) is 2.65. The van der Waals surface area contributed by atoms with Crippen LogP contribution in [0.5, 0.6) is 0 Å². The lowest BCUT2D eigenvalue weighted by Crippen LogP contribution is -2.28. The Morgan fingerprint density at radius 2 is 1.75 bits per heavy atom. The van der Waals surface area contributed by atoms with Crippen molar-refractivity contribution in [3.05, 3.63) is 78.3 Å². The van der Waals surface area contributed by atoms with Crippen LogP contribution in [0.3, 0.4) is 0 Å². The van der Waals surface area contributed by atoms with Crippen molar-refractivity contribution in [3.63, 3.8) is 0 Å². The van der Waals surface area contributed by atoms with E-state index in [0.717, 1.165) is 23.0 Å². The normalized spacial score (nSPS) is 10.6. The highest BCUT2D eigenvalue weighted by molar-refractivity contribution is 6.33. The molecule has 0 aliphatic carbocycles. The van der Waals surface area contributed by atoms with E-state index in [2.05, 4.69) is 10.3 Å². The highest BCUT2D eigenvalue weighted by Gasteiger charge is 2.15. The van der Waals surface area contributed by atoms with E-state index >= 15 is 0 Å². The summed E-state index contributed by atoms with van der Waals surface area (Å²) in [6.45, 7) is -0.433. The molecule has 0 saturated heterocycles. The predicted octanol–water partition coefficient (Wildman–Crippen LogP) is 2.50. The van der Waals surface area contributed by atoms with Crippen molar-refractivity contribution in [1.82, 2.24) is 9.55 Å². The molecule has 3 aromatic rings. The van der Waals surface area contributed by atoms with Gasteiger partial charge in [0, 0.05) is 24.3 Å². The van der Waals surface area contributed by atoms with Crippen LogP contribution in [-0.2, 0) is 11.3 Å². The van der Waals surface area contributed by atoms with Crippen LogP contribution in [0.2, 0.25) is 5.02 Å². The number of carbonyl (C=O) groups is 1. The van der Waals surface area contributed by atoms with Crippen LogP contribution in [0.4, 0.5) is 17.1 Å². The number of aromatic nitrogens is 2. The van der Waals surface area contributed by atoms with Gasteiger partial charge in [-0.15, -0.1) is 0 Å². The van der Waals surface area contributed by atoms with Crippen molar-refractivity contribution in [2.24, 2.45) is 0 Å². The van der Waals surface area contributed by atoms with Crippen molar-refractivity contribution in [1.29, 1.82) is 0 Å². The van der Waals surface area contributed by atoms with E-state index < -0.39 is 27.9 Å². The average molecular weight is 404 g/mol. The molecule has 12 heteroatoms. The maximum atomic E-state index is 12.5. The number of carbonyl (C=O) groups excluding carboxylic acids is 1. The molecule has 1 aromatic heterocycles. The molecule has 0 saturated carbocycles. The molecule has 28 heavy (non-hydrogen) atoms. The first-order valence-electron chi connectivity index (χ1n) is 7.63. The maximum absolute atomic E-state index is 12.5. The lowest BCUT2D eigenvalue weighted by molar-refractivity contribution is -0.384. The van der Waals surface area contributed by atoms with Crippen LogP contribution in [0.15, 0.2) is 47.5 Å². The van der Waals surface area contributed by atoms with Gasteiger partial charge < -0.3 is 5.32 Å². The number of hydrogen-bond donors (Lipinski definition) is 1. The van der Waals surface area contributed by atoms with Crippen molar-refractivity contribution in [2.45, 2.75) is 6.54 Å². The Labute approximate surface area is 160 Å². The van der Waals surface area contributed by atoms with Gasteiger partial charge in [-0.25, -0.2) is 4.98 Å². The van der Waals surface area contributed by atoms with Crippen molar-refractivity contribution in [3.8, 4) is 0 Å². The van der Waals surface area contributed by atoms with E-state index in [9.17, 15) is 29.8 Å². The summed E-state index contributed by atoms with van der Waals surface area (Å²) in [7, 11) is 0. The standard InChI is InChI=1S/C16H10ClN5O6/c17-12-4-2-10(22(27)28)6-14(12)19-15(23)7-20-8-18-13-5-9(21(25)26)1-3-11(13)16(20)24/h1-6,8H,7H2,(H,19,23). The highest BCUT2D eigenvalue weighted by Crippen LogP contribution is 2.26. The fourth-order valence-corrected chi connectivity index (χ4v) is 2.60. The molecule has 0 atom stereocenters. The van der Waals surface area contributed by atoms with Crippen LogP contribution < -0.4 is 10.9 Å². The van der Waals surface area contributed by atoms with Crippen LogP contribution >= 0.6 is 11.6 Å². The smallest absolute Gasteiger partial charge is 0.271 e. The van der Waals surface area contributed by atoms with E-state index in [1.807, 2.05) is 0 Å². The number of non-ortho nitro benzene ring substituents is 2. The summed E-state index contributed by atoms with van der Waals surface area (Å²) in [6.07, 6.45) is 1.09. The number of nitrogens with zero attached hydrogens (tertiary/aromatic N) is 4. The van der Waals surface area contributed by atoms with Crippen molar-refractivity contribution >= 4 is 45.5 Å². The number of nitrogens with one attached hydrogen (secondary N) is 1. The van der Waals surface area contributed by atoms with E-state index in [1.165, 1.54) is 24.3 Å². The second kappa shape index (κ2) is 7.40. The summed E-state index contributed by atoms with van der Waals surface area (Å²) in [4.78, 5) is 49.0. The molecule has 0 unspecified atom stereocenters. The third kappa shape index (κ3) is 3.78. The Morgan fingerprint density at radius 1 is 1.11 bits per heavy atom. The molecule has 0 radical (unpaired) electrons. The fraction of sp³-hybridized carbons (Fsp3) is 0.0625. The lowest BCUT2D eigenvalue weighted by atomic mass is 10.2. The fourth-order valence-electron chi connectivity index (χ4n) is 2.44. The summed E-state index contributed by atoms with van der Waals surface area (Å²) >= 11 is 5.92. The first-order chi connectivity index (χ1) is 13.3. The number of benzene rings is 2. The predicted molar refractivity (Wildman–Crippen MR) is 99.4 cm³/mol. The highest BCUT2D eigenvalue weighted by atomic mass is 35.5. The second-order valence-corrected chi connectivity index (χ2v) is 6.01. The molecule has 0 aliphatic heterocycles. The van der Waals surface area contributed by atoms with Crippen molar-refractivity contribution < 1.29 is 14.6 Å². The minimum absolute atomic E-state index is 0.0262. The first-order valence-corrected chi connectivity index (χ1v) is 8.01. The monoisotopic (exact) mass is 403 g/mol. The Morgan fingerprint density at radius 3 is 2.43 bits per heavy atom. The first kappa shape index (κ1) is 18.9. The number of rotatable bonds is 5. The van der Waals surface area contributed by atoms with Crippen molar-refractivity contribution in [2.75, 3.05) is 5.32 Å². The Bertz CT molecular complexity index is 1190. The summed E-state index contributed by atoms with van der Waals surface area (Å²) in [6, 6.07) is 7.14. The van der Waals surface area contributed by atoms with E-state index in [0.29, 0.717) is 0 Å². The summed E-state index contributed by atoms with van der Waals surface area (Å²) in [5.74, 6) is -0.660. The molecule has 0 bridgehead atoms. The van der Waals surface area contributed by atoms with E-state index in [1.54, 1.807) is 0 Å². The molecule has 2 aromatic carbocycles. The summed E-state index contributed by atoms with van der Waals surface area (Å²) in [5.41, 5.74) is -0.892. The van der Waals surface area contributed by atoms with Gasteiger partial charge >= 0.3 is 0 Å². The third-order valence-electron chi connectivity index (χ3n) is 3.77. The van der Waals surface area contributed by atoms with Gasteiger partial charge in [0.05, 0.1) is 37.8 Å². The van der Waals surface area contributed by atoms with Crippen LogP contribution in [-0.4, -0.2) is 25.3 Å². The number of hydrogen-bond acceptors (Lipinski definition) is 7. The number of nitro groups is 2. The second-order valence-electron chi connectivity index (χ2n) is 5.61. The molecule has 1 N–H and O–H groups in total. The van der Waals surface area contributed by atoms with Gasteiger partial charge in [0.1, 0.15) is 6.54 Å². The Hall–Kier alpha value is -3.86. The Balaban J connectivity index is 1.86. The quantitative estimate of drug-likeness (QED) is 0.507. The SMILES string of the molecule is O=C(Cn1cnc2cc([N+](=O)[O-])ccc2c1=O)Nc1cc([N+](=O)[O-])ccc1Cl. The molecule has 0 aliphatic rings. The van der Waals surface area contributed by atoms with Crippen LogP contribution in [0.1, 0.15) is 0 Å². The zero-order chi connectivity index (χ0) is 20.4. The number of fused-ring (bicyclic) bond motifs is 1. The minimum atomic E-state index is -0.660. The van der Waals surface area contributed by atoms with Gasteiger partial charge in [-0.1, -0.05) is 11.6 Å². The lowest BCUT2D eigenvalue weighted by Gasteiger charge is -2.09. The minimum Gasteiger partial charge on any atom is -0.323 e. The number of halogens is 1. The summed E-state index contributed by atoms with van der Waals surface area (Å²) in [5, 5.41) is 24.2. The van der Waals surface area contributed by atoms with Crippen LogP contribution in [0, 0.1) is 20.2 Å².